The number of benzene rings is 3. The van der Waals surface area contributed by atoms with Crippen LogP contribution in [0.2, 0.25) is 0 Å². The van der Waals surface area contributed by atoms with Gasteiger partial charge < -0.3 is 30.1 Å². The number of hydrogen-bond donors (Lipinski definition) is 3. The summed E-state index contributed by atoms with van der Waals surface area (Å²) in [5.74, 6) is -2.19. The van der Waals surface area contributed by atoms with Gasteiger partial charge in [0.1, 0.15) is 17.4 Å². The largest absolute Gasteiger partial charge is 0.494 e. The molecule has 0 aliphatic carbocycles. The number of alkyl halides is 1. The van der Waals surface area contributed by atoms with E-state index in [-0.39, 0.29) is 23.2 Å². The van der Waals surface area contributed by atoms with Crippen molar-refractivity contribution in [2.75, 3.05) is 23.8 Å². The normalized spacial score (nSPS) is 27.3. The summed E-state index contributed by atoms with van der Waals surface area (Å²) in [4.78, 5) is 44.2. The zero-order valence-corrected chi connectivity index (χ0v) is 27.1. The van der Waals surface area contributed by atoms with E-state index < -0.39 is 41.5 Å². The Morgan fingerprint density at radius 2 is 1.80 bits per heavy atom. The predicted molar refractivity (Wildman–Crippen MR) is 174 cm³/mol. The molecule has 3 aromatic carbocycles. The van der Waals surface area contributed by atoms with Crippen LogP contribution in [-0.4, -0.2) is 69.6 Å². The van der Waals surface area contributed by atoms with Gasteiger partial charge >= 0.3 is 0 Å². The van der Waals surface area contributed by atoms with Crippen molar-refractivity contribution >= 4 is 45.0 Å². The van der Waals surface area contributed by atoms with E-state index in [1.165, 1.54) is 4.90 Å². The van der Waals surface area contributed by atoms with Crippen molar-refractivity contribution in [2.24, 2.45) is 11.8 Å². The van der Waals surface area contributed by atoms with Crippen LogP contribution in [0.25, 0.3) is 0 Å². The molecule has 0 saturated carbocycles. The molecule has 3 aliphatic rings. The van der Waals surface area contributed by atoms with Gasteiger partial charge in [0.15, 0.2) is 0 Å². The van der Waals surface area contributed by atoms with Crippen molar-refractivity contribution in [1.82, 2.24) is 4.90 Å². The van der Waals surface area contributed by atoms with E-state index in [0.717, 1.165) is 16.7 Å². The van der Waals surface area contributed by atoms with Gasteiger partial charge in [-0.05, 0) is 80.6 Å². The van der Waals surface area contributed by atoms with Crippen LogP contribution >= 0.6 is 15.9 Å². The lowest BCUT2D eigenvalue weighted by Gasteiger charge is -2.37. The Balaban J connectivity index is 1.37. The van der Waals surface area contributed by atoms with Gasteiger partial charge in [0.2, 0.25) is 17.7 Å². The first-order chi connectivity index (χ1) is 21.7. The highest BCUT2D eigenvalue weighted by Gasteiger charge is 2.77. The summed E-state index contributed by atoms with van der Waals surface area (Å²) in [6, 6.07) is 20.6. The lowest BCUT2D eigenvalue weighted by molar-refractivity contribution is -0.143. The summed E-state index contributed by atoms with van der Waals surface area (Å²) in [5, 5.41) is 16.7. The van der Waals surface area contributed by atoms with Crippen LogP contribution in [-0.2, 0) is 25.5 Å². The number of anilines is 2. The zero-order chi connectivity index (χ0) is 31.9. The standard InChI is InChI=1S/C35H38BrN3O6/c1-4-44-25-14-12-23(13-15-25)37-32(41)28-29-34(43)39(24(19-40)17-22-8-6-5-7-9-22)31(35(29)18-26(36)30(28)45-35)33(42)38-27-16-20(2)10-11-21(27)3/h5-16,24,26,28-31,40H,4,17-19H2,1-3H3,(H,37,41)(H,38,42)/t24-,26?,28-,29+,30-,31?,35?/m1/s1. The second-order valence-corrected chi connectivity index (χ2v) is 13.4. The van der Waals surface area contributed by atoms with Crippen molar-refractivity contribution in [1.29, 1.82) is 0 Å². The number of fused-ring (bicyclic) bond motifs is 1. The van der Waals surface area contributed by atoms with E-state index in [1.54, 1.807) is 24.3 Å². The summed E-state index contributed by atoms with van der Waals surface area (Å²) < 4.78 is 12.2. The van der Waals surface area contributed by atoms with Crippen molar-refractivity contribution in [3.05, 3.63) is 89.5 Å². The minimum atomic E-state index is -1.26. The fourth-order valence-electron chi connectivity index (χ4n) is 7.30. The molecule has 6 rings (SSSR count). The van der Waals surface area contributed by atoms with Crippen LogP contribution in [0.1, 0.15) is 30.0 Å². The minimum absolute atomic E-state index is 0.254. The molecule has 3 heterocycles. The number of aliphatic hydroxyl groups excluding tert-OH is 1. The summed E-state index contributed by atoms with van der Waals surface area (Å²) in [5.41, 5.74) is 2.72. The second-order valence-electron chi connectivity index (χ2n) is 12.2. The monoisotopic (exact) mass is 675 g/mol. The highest BCUT2D eigenvalue weighted by atomic mass is 79.9. The molecule has 3 fully saturated rings. The van der Waals surface area contributed by atoms with Crippen molar-refractivity contribution < 1.29 is 29.0 Å². The first-order valence-electron chi connectivity index (χ1n) is 15.4. The molecule has 3 aromatic rings. The molecule has 3 N–H and O–H groups in total. The van der Waals surface area contributed by atoms with Crippen molar-refractivity contribution in [2.45, 2.75) is 62.2 Å². The Hall–Kier alpha value is -3.73. The molecule has 3 saturated heterocycles. The van der Waals surface area contributed by atoms with Crippen LogP contribution < -0.4 is 15.4 Å². The molecule has 3 aliphatic heterocycles. The molecular weight excluding hydrogens is 638 g/mol. The Kier molecular flexibility index (Phi) is 8.74. The highest BCUT2D eigenvalue weighted by Crippen LogP contribution is 2.60. The van der Waals surface area contributed by atoms with Crippen LogP contribution in [0.3, 0.4) is 0 Å². The maximum absolute atomic E-state index is 14.6. The van der Waals surface area contributed by atoms with E-state index in [2.05, 4.69) is 26.6 Å². The molecule has 0 aromatic heterocycles. The molecule has 3 amide bonds. The fourth-order valence-corrected chi connectivity index (χ4v) is 8.24. The zero-order valence-electron chi connectivity index (χ0n) is 25.5. The van der Waals surface area contributed by atoms with Crippen molar-refractivity contribution in [3.8, 4) is 5.75 Å². The third kappa shape index (κ3) is 5.64. The molecule has 2 bridgehead atoms. The predicted octanol–water partition coefficient (Wildman–Crippen LogP) is 4.63. The first kappa shape index (κ1) is 31.3. The first-order valence-corrected chi connectivity index (χ1v) is 16.3. The number of ether oxygens (including phenoxy) is 2. The topological polar surface area (TPSA) is 117 Å². The molecule has 7 atom stereocenters. The summed E-state index contributed by atoms with van der Waals surface area (Å²) >= 11 is 3.73. The van der Waals surface area contributed by atoms with E-state index >= 15 is 0 Å². The van der Waals surface area contributed by atoms with Gasteiger partial charge in [-0.3, -0.25) is 14.4 Å². The smallest absolute Gasteiger partial charge is 0.250 e. The van der Waals surface area contributed by atoms with Gasteiger partial charge in [0.25, 0.3) is 0 Å². The minimum Gasteiger partial charge on any atom is -0.494 e. The van der Waals surface area contributed by atoms with Crippen LogP contribution in [0, 0.1) is 25.7 Å². The number of aliphatic hydroxyl groups is 1. The SMILES string of the molecule is CCOc1ccc(NC(=O)[C@H]2[C@@H]3OC4(CC3Br)C(C(=O)Nc3cc(C)ccc3C)N([C@@H](CO)Cc3ccccc3)C(=O)[C@H]24)cc1. The summed E-state index contributed by atoms with van der Waals surface area (Å²) in [7, 11) is 0. The fraction of sp³-hybridized carbons (Fsp3) is 0.400. The Labute approximate surface area is 271 Å². The van der Waals surface area contributed by atoms with Crippen molar-refractivity contribution in [3.63, 3.8) is 0 Å². The number of carbonyl (C=O) groups excluding carboxylic acids is 3. The number of aryl methyl sites for hydroxylation is 2. The number of likely N-dealkylation sites (tertiary alicyclic amines) is 1. The van der Waals surface area contributed by atoms with E-state index in [9.17, 15) is 19.5 Å². The molecular formula is C35H38BrN3O6. The number of halogens is 1. The maximum atomic E-state index is 14.6. The van der Waals surface area contributed by atoms with Gasteiger partial charge in [-0.2, -0.15) is 0 Å². The Bertz CT molecular complexity index is 1580. The maximum Gasteiger partial charge on any atom is 0.250 e. The second kappa shape index (κ2) is 12.6. The van der Waals surface area contributed by atoms with E-state index in [4.69, 9.17) is 9.47 Å². The molecule has 9 nitrogen and oxygen atoms in total. The lowest BCUT2D eigenvalue weighted by Crippen LogP contribution is -2.57. The van der Waals surface area contributed by atoms with E-state index in [1.807, 2.05) is 69.3 Å². The quantitative estimate of drug-likeness (QED) is 0.270. The van der Waals surface area contributed by atoms with Gasteiger partial charge in [0.05, 0.1) is 37.2 Å². The lowest BCUT2D eigenvalue weighted by atomic mass is 9.70. The average molecular weight is 677 g/mol. The molecule has 236 valence electrons. The Morgan fingerprint density at radius 1 is 1.07 bits per heavy atom. The van der Waals surface area contributed by atoms with Crippen LogP contribution in [0.4, 0.5) is 11.4 Å². The number of hydrogen-bond acceptors (Lipinski definition) is 6. The molecule has 1 spiro atoms. The van der Waals surface area contributed by atoms with Gasteiger partial charge in [-0.15, -0.1) is 0 Å². The van der Waals surface area contributed by atoms with Gasteiger partial charge in [-0.25, -0.2) is 0 Å². The van der Waals surface area contributed by atoms with Crippen LogP contribution in [0.15, 0.2) is 72.8 Å². The molecule has 10 heteroatoms. The number of rotatable bonds is 10. The third-order valence-electron chi connectivity index (χ3n) is 9.28. The van der Waals surface area contributed by atoms with E-state index in [0.29, 0.717) is 36.6 Å². The summed E-state index contributed by atoms with van der Waals surface area (Å²) in [6.07, 6.45) is 0.0938. The highest BCUT2D eigenvalue weighted by molar-refractivity contribution is 9.09. The van der Waals surface area contributed by atoms with Gasteiger partial charge in [0, 0.05) is 16.2 Å². The number of amides is 3. The Morgan fingerprint density at radius 3 is 2.49 bits per heavy atom. The molecule has 45 heavy (non-hydrogen) atoms. The molecule has 0 radical (unpaired) electrons. The molecule has 3 unspecified atom stereocenters. The number of nitrogens with zero attached hydrogens (tertiary/aromatic N) is 1. The van der Waals surface area contributed by atoms with Crippen LogP contribution in [0.5, 0.6) is 5.75 Å². The number of nitrogens with one attached hydrogen (secondary N) is 2. The average Bonchev–Trinajstić information content (AvgIpc) is 3.62. The number of carbonyl (C=O) groups is 3. The third-order valence-corrected chi connectivity index (χ3v) is 10.1. The van der Waals surface area contributed by atoms with Gasteiger partial charge in [-0.1, -0.05) is 58.4 Å². The summed E-state index contributed by atoms with van der Waals surface area (Å²) in [6.45, 7) is 5.92.